The average Bonchev–Trinajstić information content (AvgIpc) is 2.56. The molecule has 9 heteroatoms. The number of hydrazone groups is 1. The Labute approximate surface area is 156 Å². The Morgan fingerprint density at radius 3 is 2.54 bits per heavy atom. The SMILES string of the molecule is Cc1c(Cl)cccc1N(CC(=O)NN=Cc1ccc(F)cc1)S(C)(=O)=O. The first-order chi connectivity index (χ1) is 12.2. The molecule has 2 aromatic rings. The summed E-state index contributed by atoms with van der Waals surface area (Å²) in [6, 6.07) is 10.3. The van der Waals surface area contributed by atoms with Crippen molar-refractivity contribution >= 4 is 39.4 Å². The minimum absolute atomic E-state index is 0.317. The van der Waals surface area contributed by atoms with Crippen molar-refractivity contribution in [1.82, 2.24) is 5.43 Å². The van der Waals surface area contributed by atoms with E-state index in [4.69, 9.17) is 11.6 Å². The van der Waals surface area contributed by atoms with Crippen LogP contribution in [0, 0.1) is 12.7 Å². The van der Waals surface area contributed by atoms with Crippen molar-refractivity contribution in [2.45, 2.75) is 6.92 Å². The Kier molecular flexibility index (Phi) is 6.33. The van der Waals surface area contributed by atoms with Crippen molar-refractivity contribution in [1.29, 1.82) is 0 Å². The van der Waals surface area contributed by atoms with E-state index in [2.05, 4.69) is 10.5 Å². The topological polar surface area (TPSA) is 78.8 Å². The molecule has 0 aromatic heterocycles. The lowest BCUT2D eigenvalue weighted by atomic mass is 10.2. The normalized spacial score (nSPS) is 11.5. The Morgan fingerprint density at radius 1 is 1.27 bits per heavy atom. The minimum atomic E-state index is -3.71. The van der Waals surface area contributed by atoms with Crippen LogP contribution in [0.3, 0.4) is 0 Å². The summed E-state index contributed by atoms with van der Waals surface area (Å²) in [7, 11) is -3.71. The molecule has 1 N–H and O–H groups in total. The zero-order valence-corrected chi connectivity index (χ0v) is 15.7. The van der Waals surface area contributed by atoms with E-state index < -0.39 is 22.5 Å². The Bertz CT molecular complexity index is 931. The Morgan fingerprint density at radius 2 is 1.92 bits per heavy atom. The quantitative estimate of drug-likeness (QED) is 0.601. The lowest BCUT2D eigenvalue weighted by molar-refractivity contribution is -0.119. The molecule has 0 fully saturated rings. The third kappa shape index (κ3) is 5.27. The van der Waals surface area contributed by atoms with Gasteiger partial charge in [0.05, 0.1) is 18.2 Å². The van der Waals surface area contributed by atoms with Gasteiger partial charge in [-0.2, -0.15) is 5.10 Å². The number of rotatable bonds is 6. The van der Waals surface area contributed by atoms with Gasteiger partial charge in [-0.3, -0.25) is 9.10 Å². The van der Waals surface area contributed by atoms with Crippen LogP contribution < -0.4 is 9.73 Å². The van der Waals surface area contributed by atoms with E-state index in [1.54, 1.807) is 25.1 Å². The highest BCUT2D eigenvalue weighted by Gasteiger charge is 2.22. The number of hydrogen-bond donors (Lipinski definition) is 1. The maximum atomic E-state index is 12.8. The van der Waals surface area contributed by atoms with Gasteiger partial charge in [0.25, 0.3) is 5.91 Å². The molecule has 0 spiro atoms. The van der Waals surface area contributed by atoms with Gasteiger partial charge >= 0.3 is 0 Å². The Hall–Kier alpha value is -2.45. The van der Waals surface area contributed by atoms with Crippen molar-refractivity contribution in [3.63, 3.8) is 0 Å². The molecule has 0 bridgehead atoms. The van der Waals surface area contributed by atoms with Crippen molar-refractivity contribution in [2.75, 3.05) is 17.1 Å². The summed E-state index contributed by atoms with van der Waals surface area (Å²) in [6.45, 7) is 1.21. The van der Waals surface area contributed by atoms with Gasteiger partial charge in [0.15, 0.2) is 0 Å². The standard InChI is InChI=1S/C17H17ClFN3O3S/c1-12-15(18)4-3-5-16(12)22(26(2,24)25)11-17(23)21-20-10-13-6-8-14(19)9-7-13/h3-10H,11H2,1-2H3,(H,21,23). The van der Waals surface area contributed by atoms with Crippen LogP contribution in [-0.4, -0.2) is 33.3 Å². The molecule has 0 aliphatic heterocycles. The summed E-state index contributed by atoms with van der Waals surface area (Å²) in [4.78, 5) is 12.1. The largest absolute Gasteiger partial charge is 0.271 e. The summed E-state index contributed by atoms with van der Waals surface area (Å²) in [6.07, 6.45) is 2.33. The number of anilines is 1. The highest BCUT2D eigenvalue weighted by molar-refractivity contribution is 7.92. The average molecular weight is 398 g/mol. The lowest BCUT2D eigenvalue weighted by Gasteiger charge is -2.23. The first-order valence-corrected chi connectivity index (χ1v) is 9.71. The smallest absolute Gasteiger partial charge is 0.260 e. The van der Waals surface area contributed by atoms with Gasteiger partial charge in [0.1, 0.15) is 12.4 Å². The maximum Gasteiger partial charge on any atom is 0.260 e. The molecule has 2 rings (SSSR count). The Balaban J connectivity index is 2.12. The van der Waals surface area contributed by atoms with Crippen LogP contribution in [0.25, 0.3) is 0 Å². The summed E-state index contributed by atoms with van der Waals surface area (Å²) < 4.78 is 38.0. The van der Waals surface area contributed by atoms with E-state index in [0.29, 0.717) is 21.8 Å². The summed E-state index contributed by atoms with van der Waals surface area (Å²) in [5.74, 6) is -1.01. The molecule has 0 saturated carbocycles. The van der Waals surface area contributed by atoms with E-state index >= 15 is 0 Å². The van der Waals surface area contributed by atoms with Crippen LogP contribution in [0.2, 0.25) is 5.02 Å². The minimum Gasteiger partial charge on any atom is -0.271 e. The van der Waals surface area contributed by atoms with E-state index in [-0.39, 0.29) is 5.82 Å². The lowest BCUT2D eigenvalue weighted by Crippen LogP contribution is -2.39. The van der Waals surface area contributed by atoms with Gasteiger partial charge in [0.2, 0.25) is 10.0 Å². The highest BCUT2D eigenvalue weighted by atomic mass is 35.5. The molecule has 138 valence electrons. The van der Waals surface area contributed by atoms with Crippen molar-refractivity contribution in [3.8, 4) is 0 Å². The second-order valence-corrected chi connectivity index (χ2v) is 7.81. The van der Waals surface area contributed by atoms with E-state index in [0.717, 1.165) is 10.6 Å². The molecule has 26 heavy (non-hydrogen) atoms. The predicted octanol–water partition coefficient (Wildman–Crippen LogP) is 2.70. The van der Waals surface area contributed by atoms with Gasteiger partial charge in [0, 0.05) is 5.02 Å². The molecule has 2 aromatic carbocycles. The molecule has 0 aliphatic rings. The molecule has 0 aliphatic carbocycles. The van der Waals surface area contributed by atoms with Crippen LogP contribution >= 0.6 is 11.6 Å². The summed E-state index contributed by atoms with van der Waals surface area (Å²) >= 11 is 6.03. The molecule has 0 radical (unpaired) electrons. The molecule has 0 unspecified atom stereocenters. The number of nitrogens with one attached hydrogen (secondary N) is 1. The molecular formula is C17H17ClFN3O3S. The second-order valence-electron chi connectivity index (χ2n) is 5.50. The summed E-state index contributed by atoms with van der Waals surface area (Å²) in [5, 5.41) is 4.14. The molecule has 1 amide bonds. The van der Waals surface area contributed by atoms with E-state index in [1.165, 1.54) is 30.5 Å². The monoisotopic (exact) mass is 397 g/mol. The van der Waals surface area contributed by atoms with Crippen molar-refractivity contribution in [3.05, 3.63) is 64.4 Å². The fourth-order valence-electron chi connectivity index (χ4n) is 2.14. The third-order valence-corrected chi connectivity index (χ3v) is 5.00. The van der Waals surface area contributed by atoms with Crippen LogP contribution in [0.1, 0.15) is 11.1 Å². The number of sulfonamides is 1. The number of hydrogen-bond acceptors (Lipinski definition) is 4. The van der Waals surface area contributed by atoms with Crippen molar-refractivity contribution in [2.24, 2.45) is 5.10 Å². The van der Waals surface area contributed by atoms with Crippen LogP contribution in [0.15, 0.2) is 47.6 Å². The second kappa shape index (κ2) is 8.29. The third-order valence-electron chi connectivity index (χ3n) is 3.47. The number of nitrogens with zero attached hydrogens (tertiary/aromatic N) is 2. The predicted molar refractivity (Wildman–Crippen MR) is 101 cm³/mol. The fraction of sp³-hybridized carbons (Fsp3) is 0.176. The van der Waals surface area contributed by atoms with Gasteiger partial charge in [-0.05, 0) is 42.3 Å². The molecular weight excluding hydrogens is 381 g/mol. The van der Waals surface area contributed by atoms with Gasteiger partial charge in [-0.25, -0.2) is 18.2 Å². The van der Waals surface area contributed by atoms with E-state index in [9.17, 15) is 17.6 Å². The number of carbonyl (C=O) groups is 1. The zero-order valence-electron chi connectivity index (χ0n) is 14.1. The maximum absolute atomic E-state index is 12.8. The molecule has 6 nitrogen and oxygen atoms in total. The van der Waals surface area contributed by atoms with Crippen LogP contribution in [-0.2, 0) is 14.8 Å². The van der Waals surface area contributed by atoms with Gasteiger partial charge in [-0.15, -0.1) is 0 Å². The molecule has 0 saturated heterocycles. The summed E-state index contributed by atoms with van der Waals surface area (Å²) in [5.41, 5.74) is 3.69. The van der Waals surface area contributed by atoms with Crippen LogP contribution in [0.4, 0.5) is 10.1 Å². The number of benzene rings is 2. The van der Waals surface area contributed by atoms with Gasteiger partial charge < -0.3 is 0 Å². The van der Waals surface area contributed by atoms with E-state index in [1.807, 2.05) is 0 Å². The highest BCUT2D eigenvalue weighted by Crippen LogP contribution is 2.27. The number of halogens is 2. The number of carbonyl (C=O) groups excluding carboxylic acids is 1. The van der Waals surface area contributed by atoms with Crippen molar-refractivity contribution < 1.29 is 17.6 Å². The fourth-order valence-corrected chi connectivity index (χ4v) is 3.22. The molecule has 0 atom stereocenters. The number of amides is 1. The van der Waals surface area contributed by atoms with Crippen LogP contribution in [0.5, 0.6) is 0 Å². The first kappa shape index (κ1) is 19.9. The zero-order chi connectivity index (χ0) is 19.3. The first-order valence-electron chi connectivity index (χ1n) is 7.49. The van der Waals surface area contributed by atoms with Gasteiger partial charge in [-0.1, -0.05) is 29.8 Å². The molecule has 0 heterocycles.